The van der Waals surface area contributed by atoms with E-state index in [9.17, 15) is 9.18 Å². The summed E-state index contributed by atoms with van der Waals surface area (Å²) in [7, 11) is 0. The van der Waals surface area contributed by atoms with Crippen molar-refractivity contribution in [1.29, 1.82) is 0 Å². The van der Waals surface area contributed by atoms with Crippen molar-refractivity contribution in [3.05, 3.63) is 59.2 Å². The first-order valence-electron chi connectivity index (χ1n) is 10.6. The van der Waals surface area contributed by atoms with Crippen LogP contribution in [0.1, 0.15) is 5.56 Å². The molecule has 0 atom stereocenters. The second kappa shape index (κ2) is 9.13. The number of quaternary nitrogens is 1. The van der Waals surface area contributed by atoms with Crippen LogP contribution in [0.15, 0.2) is 47.8 Å². The highest BCUT2D eigenvalue weighted by atomic mass is 32.1. The average molecular weight is 456 g/mol. The standard InChI is InChI=1S/C23H23FN4O3S/c24-18-4-2-17(3-5-18)19-14-32-23(26-19)28-9-7-27(8-10-28)13-22(29)25-12-16-1-6-20-21(11-16)31-15-30-20/h1-6,11,14H,7-10,12-13,15H2,(H,25,29)/p+1. The molecule has 0 radical (unpaired) electrons. The molecule has 7 nitrogen and oxygen atoms in total. The normalized spacial score (nSPS) is 15.7. The maximum atomic E-state index is 13.1. The molecule has 9 heteroatoms. The number of nitrogens with zero attached hydrogens (tertiary/aromatic N) is 2. The fraction of sp³-hybridized carbons (Fsp3) is 0.304. The monoisotopic (exact) mass is 455 g/mol. The molecule has 1 saturated heterocycles. The van der Waals surface area contributed by atoms with Gasteiger partial charge in [-0.1, -0.05) is 6.07 Å². The molecule has 1 aromatic heterocycles. The summed E-state index contributed by atoms with van der Waals surface area (Å²) in [5.74, 6) is 1.26. The Bertz CT molecular complexity index is 1100. The van der Waals surface area contributed by atoms with E-state index in [2.05, 4.69) is 10.2 Å². The van der Waals surface area contributed by atoms with Crippen molar-refractivity contribution in [3.8, 4) is 22.8 Å². The van der Waals surface area contributed by atoms with E-state index in [0.717, 1.165) is 59.6 Å². The number of benzene rings is 2. The first-order chi connectivity index (χ1) is 15.6. The highest BCUT2D eigenvalue weighted by Crippen LogP contribution is 2.32. The van der Waals surface area contributed by atoms with E-state index in [1.54, 1.807) is 23.5 Å². The molecule has 0 spiro atoms. The quantitative estimate of drug-likeness (QED) is 0.592. The fourth-order valence-corrected chi connectivity index (χ4v) is 4.78. The Labute approximate surface area is 189 Å². The average Bonchev–Trinajstić information content (AvgIpc) is 3.48. The third kappa shape index (κ3) is 4.68. The van der Waals surface area contributed by atoms with E-state index in [0.29, 0.717) is 13.1 Å². The van der Waals surface area contributed by atoms with Gasteiger partial charge in [0.2, 0.25) is 6.79 Å². The van der Waals surface area contributed by atoms with E-state index in [1.165, 1.54) is 17.0 Å². The molecule has 2 N–H and O–H groups in total. The van der Waals surface area contributed by atoms with Gasteiger partial charge in [-0.25, -0.2) is 9.37 Å². The number of hydrogen-bond acceptors (Lipinski definition) is 6. The number of carbonyl (C=O) groups excluding carboxylic acids is 1. The number of rotatable bonds is 6. The van der Waals surface area contributed by atoms with Crippen molar-refractivity contribution in [2.45, 2.75) is 6.54 Å². The molecule has 5 rings (SSSR count). The van der Waals surface area contributed by atoms with Gasteiger partial charge in [0.15, 0.2) is 23.2 Å². The van der Waals surface area contributed by atoms with Crippen LogP contribution in [0.3, 0.4) is 0 Å². The lowest BCUT2D eigenvalue weighted by Crippen LogP contribution is -3.15. The van der Waals surface area contributed by atoms with Gasteiger partial charge < -0.3 is 24.6 Å². The van der Waals surface area contributed by atoms with Gasteiger partial charge in [-0.05, 0) is 42.0 Å². The first kappa shape index (κ1) is 20.7. The highest BCUT2D eigenvalue weighted by molar-refractivity contribution is 7.14. The van der Waals surface area contributed by atoms with E-state index in [-0.39, 0.29) is 18.5 Å². The van der Waals surface area contributed by atoms with E-state index < -0.39 is 0 Å². The lowest BCUT2D eigenvalue weighted by Gasteiger charge is -2.31. The number of carbonyl (C=O) groups is 1. The molecule has 1 fully saturated rings. The van der Waals surface area contributed by atoms with Gasteiger partial charge in [-0.2, -0.15) is 0 Å². The Hall–Kier alpha value is -3.17. The summed E-state index contributed by atoms with van der Waals surface area (Å²) in [4.78, 5) is 20.7. The van der Waals surface area contributed by atoms with Crippen molar-refractivity contribution < 1.29 is 23.6 Å². The highest BCUT2D eigenvalue weighted by Gasteiger charge is 2.24. The predicted octanol–water partition coefficient (Wildman–Crippen LogP) is 1.70. The molecule has 0 unspecified atom stereocenters. The molecule has 166 valence electrons. The number of aromatic nitrogens is 1. The van der Waals surface area contributed by atoms with Crippen molar-refractivity contribution >= 4 is 22.4 Å². The molecular weight excluding hydrogens is 431 g/mol. The van der Waals surface area contributed by atoms with E-state index in [1.807, 2.05) is 23.6 Å². The number of thiazole rings is 1. The predicted molar refractivity (Wildman–Crippen MR) is 120 cm³/mol. The minimum absolute atomic E-state index is 0.0407. The number of anilines is 1. The zero-order valence-electron chi connectivity index (χ0n) is 17.5. The first-order valence-corrected chi connectivity index (χ1v) is 11.5. The minimum atomic E-state index is -0.247. The zero-order valence-corrected chi connectivity index (χ0v) is 18.3. The third-order valence-corrected chi connectivity index (χ3v) is 6.61. The van der Waals surface area contributed by atoms with Crippen LogP contribution in [0.5, 0.6) is 11.5 Å². The van der Waals surface area contributed by atoms with Crippen molar-refractivity contribution in [1.82, 2.24) is 10.3 Å². The maximum absolute atomic E-state index is 13.1. The summed E-state index contributed by atoms with van der Waals surface area (Å²) in [5.41, 5.74) is 2.77. The van der Waals surface area contributed by atoms with Crippen LogP contribution in [0.4, 0.5) is 9.52 Å². The molecule has 0 saturated carbocycles. The molecular formula is C23H24FN4O3S+. The summed E-state index contributed by atoms with van der Waals surface area (Å²) in [6.07, 6.45) is 0. The third-order valence-electron chi connectivity index (χ3n) is 5.71. The number of ether oxygens (including phenoxy) is 2. The Balaban J connectivity index is 1.09. The molecule has 32 heavy (non-hydrogen) atoms. The van der Waals surface area contributed by atoms with Gasteiger partial charge in [0.05, 0.1) is 31.9 Å². The molecule has 1 amide bonds. The molecule has 2 aliphatic rings. The summed E-state index contributed by atoms with van der Waals surface area (Å²) in [6.45, 7) is 4.63. The molecule has 3 heterocycles. The van der Waals surface area contributed by atoms with Crippen LogP contribution in [-0.4, -0.2) is 50.4 Å². The number of halogens is 1. The molecule has 3 aromatic rings. The van der Waals surface area contributed by atoms with Crippen LogP contribution in [0.25, 0.3) is 11.3 Å². The minimum Gasteiger partial charge on any atom is -0.454 e. The number of hydrogen-bond donors (Lipinski definition) is 2. The van der Waals surface area contributed by atoms with Crippen molar-refractivity contribution in [2.24, 2.45) is 0 Å². The van der Waals surface area contributed by atoms with Crippen LogP contribution >= 0.6 is 11.3 Å². The van der Waals surface area contributed by atoms with Gasteiger partial charge in [-0.15, -0.1) is 11.3 Å². The largest absolute Gasteiger partial charge is 0.454 e. The van der Waals surface area contributed by atoms with Crippen LogP contribution in [0, 0.1) is 5.82 Å². The summed E-state index contributed by atoms with van der Waals surface area (Å²) in [5, 5.41) is 5.97. The Morgan fingerprint density at radius 1 is 1.12 bits per heavy atom. The second-order valence-corrected chi connectivity index (χ2v) is 8.74. The number of piperazine rings is 1. The van der Waals surface area contributed by atoms with Gasteiger partial charge in [0, 0.05) is 17.5 Å². The maximum Gasteiger partial charge on any atom is 0.275 e. The van der Waals surface area contributed by atoms with Crippen molar-refractivity contribution in [3.63, 3.8) is 0 Å². The van der Waals surface area contributed by atoms with Crippen LogP contribution < -0.4 is 24.6 Å². The molecule has 2 aromatic carbocycles. The molecule has 0 bridgehead atoms. The smallest absolute Gasteiger partial charge is 0.275 e. The molecule has 0 aliphatic carbocycles. The Kier molecular flexibility index (Phi) is 5.91. The summed E-state index contributed by atoms with van der Waals surface area (Å²) < 4.78 is 23.8. The number of amides is 1. The topological polar surface area (TPSA) is 68.1 Å². The van der Waals surface area contributed by atoms with Crippen LogP contribution in [0.2, 0.25) is 0 Å². The number of nitrogens with one attached hydrogen (secondary N) is 2. The SMILES string of the molecule is O=C(C[NH+]1CCN(c2nc(-c3ccc(F)cc3)cs2)CC1)NCc1ccc2c(c1)OCO2. The Morgan fingerprint density at radius 2 is 1.91 bits per heavy atom. The van der Waals surface area contributed by atoms with Gasteiger partial charge in [0.25, 0.3) is 5.91 Å². The second-order valence-electron chi connectivity index (χ2n) is 7.90. The fourth-order valence-electron chi connectivity index (χ4n) is 3.89. The lowest BCUT2D eigenvalue weighted by atomic mass is 10.2. The summed E-state index contributed by atoms with van der Waals surface area (Å²) in [6, 6.07) is 12.1. The van der Waals surface area contributed by atoms with Crippen LogP contribution in [-0.2, 0) is 11.3 Å². The van der Waals surface area contributed by atoms with Gasteiger partial charge in [0.1, 0.15) is 5.82 Å². The lowest BCUT2D eigenvalue weighted by molar-refractivity contribution is -0.892. The van der Waals surface area contributed by atoms with E-state index in [4.69, 9.17) is 14.5 Å². The van der Waals surface area contributed by atoms with Gasteiger partial charge >= 0.3 is 0 Å². The van der Waals surface area contributed by atoms with Crippen molar-refractivity contribution in [2.75, 3.05) is 44.4 Å². The number of fused-ring (bicyclic) bond motifs is 1. The zero-order chi connectivity index (χ0) is 21.9. The van der Waals surface area contributed by atoms with Gasteiger partial charge in [-0.3, -0.25) is 4.79 Å². The Morgan fingerprint density at radius 3 is 2.72 bits per heavy atom. The van der Waals surface area contributed by atoms with E-state index >= 15 is 0 Å². The summed E-state index contributed by atoms with van der Waals surface area (Å²) >= 11 is 1.60. The molecule has 2 aliphatic heterocycles.